The number of fused-ring (bicyclic) bond motifs is 1. The Bertz CT molecular complexity index is 522. The molecule has 2 heteroatoms. The van der Waals surface area contributed by atoms with E-state index in [1.54, 1.807) is 0 Å². The molecule has 3 aromatic carbocycles. The zero-order valence-electron chi connectivity index (χ0n) is 11.5. The maximum Gasteiger partial charge on any atom is 0 e. The van der Waals surface area contributed by atoms with E-state index in [1.165, 1.54) is 16.1 Å². The van der Waals surface area contributed by atoms with E-state index in [0.717, 1.165) is 0 Å². The fraction of sp³-hybridized carbons (Fsp3) is 0. The molecule has 0 heterocycles. The summed E-state index contributed by atoms with van der Waals surface area (Å²) in [6.07, 6.45) is 0. The van der Waals surface area contributed by atoms with Crippen molar-refractivity contribution in [3.05, 3.63) is 72.8 Å². The van der Waals surface area contributed by atoms with Gasteiger partial charge in [0.15, 0.2) is 0 Å². The van der Waals surface area contributed by atoms with Gasteiger partial charge in [0.25, 0.3) is 0 Å². The molecule has 0 saturated heterocycles. The molecule has 0 aromatic heterocycles. The van der Waals surface area contributed by atoms with Crippen LogP contribution in [0.4, 0.5) is 0 Å². The van der Waals surface area contributed by atoms with Crippen LogP contribution >= 0.6 is 9.24 Å². The van der Waals surface area contributed by atoms with E-state index in [0.29, 0.717) is 0 Å². The van der Waals surface area contributed by atoms with Crippen molar-refractivity contribution in [2.24, 2.45) is 0 Å². The van der Waals surface area contributed by atoms with Crippen LogP contribution in [-0.2, 0) is 25.8 Å². The van der Waals surface area contributed by atoms with Crippen LogP contribution in [0.2, 0.25) is 0 Å². The third-order valence-corrected chi connectivity index (χ3v) is 2.73. The van der Waals surface area contributed by atoms with Crippen molar-refractivity contribution in [2.45, 2.75) is 0 Å². The Morgan fingerprint density at radius 3 is 2.06 bits per heavy atom. The van der Waals surface area contributed by atoms with Crippen molar-refractivity contribution in [2.75, 3.05) is 0 Å². The Balaban J connectivity index is 0. The summed E-state index contributed by atoms with van der Waals surface area (Å²) in [6.45, 7) is 0. The number of hydrogen-bond donors (Lipinski definition) is 0. The van der Waals surface area contributed by atoms with Crippen LogP contribution in [0.3, 0.4) is 0 Å². The standard InChI is InChI=1S/C9H7.C6H7P.Hf.2H/c1-2-5-9-7-3-6-8(9)4-1;7-6-4-2-1-3-5-6;;;/h1-7H;1-5H,7H2;;;/q-1;;;2*-1. The summed E-state index contributed by atoms with van der Waals surface area (Å²) >= 11 is 0. The maximum absolute atomic E-state index is 2.63. The Morgan fingerprint density at radius 2 is 1.47 bits per heavy atom. The molecule has 0 spiro atoms. The summed E-state index contributed by atoms with van der Waals surface area (Å²) in [7, 11) is 2.63. The summed E-state index contributed by atoms with van der Waals surface area (Å²) in [4.78, 5) is 0. The van der Waals surface area contributed by atoms with Crippen molar-refractivity contribution < 1.29 is 28.7 Å². The van der Waals surface area contributed by atoms with Crippen LogP contribution in [0.5, 0.6) is 0 Å². The van der Waals surface area contributed by atoms with E-state index in [2.05, 4.69) is 51.7 Å². The van der Waals surface area contributed by atoms with Gasteiger partial charge in [0.2, 0.25) is 0 Å². The van der Waals surface area contributed by atoms with E-state index in [-0.39, 0.29) is 28.7 Å². The van der Waals surface area contributed by atoms with Crippen molar-refractivity contribution in [3.63, 3.8) is 0 Å². The molecular weight excluding hydrogens is 390 g/mol. The molecule has 0 aliphatic carbocycles. The van der Waals surface area contributed by atoms with Gasteiger partial charge in [-0.3, -0.25) is 0 Å². The quantitative estimate of drug-likeness (QED) is 0.302. The van der Waals surface area contributed by atoms with E-state index in [9.17, 15) is 0 Å². The molecular formula is C15H16HfP-3. The monoisotopic (exact) mass is 407 g/mol. The first-order valence-corrected chi connectivity index (χ1v) is 5.85. The average Bonchev–Trinajstić information content (AvgIpc) is 2.79. The fourth-order valence-corrected chi connectivity index (χ4v) is 1.75. The van der Waals surface area contributed by atoms with Gasteiger partial charge in [-0.2, -0.15) is 17.5 Å². The largest absolute Gasteiger partial charge is 1.00 e. The predicted octanol–water partition coefficient (Wildman–Crippen LogP) is 3.97. The molecule has 0 aliphatic heterocycles. The molecule has 0 radical (unpaired) electrons. The molecule has 0 N–H and O–H groups in total. The topological polar surface area (TPSA) is 0 Å². The van der Waals surface area contributed by atoms with Crippen LogP contribution < -0.4 is 5.30 Å². The zero-order chi connectivity index (χ0) is 11.2. The summed E-state index contributed by atoms with van der Waals surface area (Å²) in [5.74, 6) is 0. The SMILES string of the molecule is Pc1ccccc1.[H-].[H-].[Hf].c1ccc2[cH-]ccc2c1. The maximum atomic E-state index is 2.63. The van der Waals surface area contributed by atoms with Crippen LogP contribution in [-0.4, -0.2) is 0 Å². The van der Waals surface area contributed by atoms with Crippen molar-refractivity contribution in [1.82, 2.24) is 0 Å². The van der Waals surface area contributed by atoms with Gasteiger partial charge in [0.1, 0.15) is 0 Å². The fourth-order valence-electron chi connectivity index (χ4n) is 1.52. The van der Waals surface area contributed by atoms with Crippen molar-refractivity contribution in [1.29, 1.82) is 0 Å². The first-order chi connectivity index (χ1) is 7.86. The molecule has 3 rings (SSSR count). The summed E-state index contributed by atoms with van der Waals surface area (Å²) < 4.78 is 0. The van der Waals surface area contributed by atoms with Gasteiger partial charge in [0, 0.05) is 25.8 Å². The van der Waals surface area contributed by atoms with Crippen LogP contribution in [0, 0.1) is 0 Å². The van der Waals surface area contributed by atoms with Crippen molar-refractivity contribution in [3.8, 4) is 0 Å². The van der Waals surface area contributed by atoms with Crippen LogP contribution in [0.15, 0.2) is 72.8 Å². The van der Waals surface area contributed by atoms with E-state index in [4.69, 9.17) is 0 Å². The predicted molar refractivity (Wildman–Crippen MR) is 77.6 cm³/mol. The van der Waals surface area contributed by atoms with E-state index < -0.39 is 0 Å². The smallest absolute Gasteiger partial charge is 0 e. The minimum Gasteiger partial charge on any atom is -1.00 e. The van der Waals surface area contributed by atoms with Gasteiger partial charge in [-0.1, -0.05) is 36.4 Å². The molecule has 88 valence electrons. The van der Waals surface area contributed by atoms with Gasteiger partial charge in [0.05, 0.1) is 0 Å². The summed E-state index contributed by atoms with van der Waals surface area (Å²) in [6, 6.07) is 24.8. The zero-order valence-corrected chi connectivity index (χ0v) is 14.3. The molecule has 17 heavy (non-hydrogen) atoms. The van der Waals surface area contributed by atoms with Gasteiger partial charge < -0.3 is 2.85 Å². The average molecular weight is 406 g/mol. The Labute approximate surface area is 126 Å². The molecule has 0 nitrogen and oxygen atoms in total. The molecule has 0 fully saturated rings. The summed E-state index contributed by atoms with van der Waals surface area (Å²) in [5, 5.41) is 3.90. The molecule has 0 aliphatic rings. The number of rotatable bonds is 0. The third kappa shape index (κ3) is 4.61. The van der Waals surface area contributed by atoms with Gasteiger partial charge in [-0.25, -0.2) is 0 Å². The molecule has 3 aromatic rings. The first kappa shape index (κ1) is 14.4. The second kappa shape index (κ2) is 7.63. The minimum absolute atomic E-state index is 0. The minimum atomic E-state index is 0. The second-order valence-electron chi connectivity index (χ2n) is 3.57. The van der Waals surface area contributed by atoms with Gasteiger partial charge >= 0.3 is 0 Å². The molecule has 0 saturated carbocycles. The molecule has 1 atom stereocenters. The first-order valence-electron chi connectivity index (χ1n) is 5.27. The normalized spacial score (nSPS) is 9.00. The molecule has 1 unspecified atom stereocenters. The van der Waals surface area contributed by atoms with E-state index in [1.807, 2.05) is 30.3 Å². The van der Waals surface area contributed by atoms with E-state index >= 15 is 0 Å². The van der Waals surface area contributed by atoms with Gasteiger partial charge in [-0.05, 0) is 5.30 Å². The Morgan fingerprint density at radius 1 is 0.824 bits per heavy atom. The Hall–Kier alpha value is -0.650. The van der Waals surface area contributed by atoms with Crippen LogP contribution in [0.1, 0.15) is 2.85 Å². The second-order valence-corrected chi connectivity index (χ2v) is 4.23. The number of benzene rings is 2. The van der Waals surface area contributed by atoms with Crippen LogP contribution in [0.25, 0.3) is 10.8 Å². The van der Waals surface area contributed by atoms with Crippen molar-refractivity contribution >= 4 is 25.3 Å². The molecule has 0 bridgehead atoms. The summed E-state index contributed by atoms with van der Waals surface area (Å²) in [5.41, 5.74) is 0. The third-order valence-electron chi connectivity index (χ3n) is 2.35. The van der Waals surface area contributed by atoms with Gasteiger partial charge in [-0.15, -0.1) is 38.9 Å². The Kier molecular flexibility index (Phi) is 6.47. The number of hydrogen-bond acceptors (Lipinski definition) is 0. The molecule has 0 amide bonds.